The summed E-state index contributed by atoms with van der Waals surface area (Å²) >= 11 is 0. The van der Waals surface area contributed by atoms with Crippen LogP contribution >= 0.6 is 0 Å². The van der Waals surface area contributed by atoms with Gasteiger partial charge in [-0.1, -0.05) is 13.0 Å². The average molecular weight is 268 g/mol. The minimum atomic E-state index is -0.210. The fraction of sp³-hybridized carbons (Fsp3) is 0.600. The Labute approximate surface area is 115 Å². The third-order valence-corrected chi connectivity index (χ3v) is 2.95. The Balaban J connectivity index is 2.58. The van der Waals surface area contributed by atoms with Gasteiger partial charge in [0.25, 0.3) is 0 Å². The molecule has 0 saturated carbocycles. The number of nitrogens with one attached hydrogen (secondary N) is 1. The number of likely N-dealkylation sites (N-methyl/N-ethyl adjacent to an activating group) is 1. The maximum atomic E-state index is 14.0. The van der Waals surface area contributed by atoms with Crippen molar-refractivity contribution in [3.63, 3.8) is 0 Å². The number of hydrogen-bond acceptors (Lipinski definition) is 3. The number of ether oxygens (including phenoxy) is 1. The lowest BCUT2D eigenvalue weighted by Gasteiger charge is -2.16. The summed E-state index contributed by atoms with van der Waals surface area (Å²) in [6.07, 6.45) is 1.04. The van der Waals surface area contributed by atoms with Gasteiger partial charge in [0.2, 0.25) is 0 Å². The van der Waals surface area contributed by atoms with Gasteiger partial charge < -0.3 is 15.0 Å². The van der Waals surface area contributed by atoms with Crippen LogP contribution in [0.25, 0.3) is 0 Å². The molecule has 0 aromatic heterocycles. The van der Waals surface area contributed by atoms with Gasteiger partial charge in [0.15, 0.2) is 0 Å². The van der Waals surface area contributed by atoms with Crippen LogP contribution in [0.3, 0.4) is 0 Å². The van der Waals surface area contributed by atoms with Crippen LogP contribution in [-0.2, 0) is 0 Å². The Hall–Kier alpha value is -1.13. The fourth-order valence-electron chi connectivity index (χ4n) is 1.77. The third kappa shape index (κ3) is 5.57. The van der Waals surface area contributed by atoms with E-state index in [1.54, 1.807) is 6.07 Å². The van der Waals surface area contributed by atoms with Crippen LogP contribution in [-0.4, -0.2) is 38.7 Å². The molecule has 3 nitrogen and oxygen atoms in total. The predicted molar refractivity (Wildman–Crippen MR) is 77.2 cm³/mol. The molecule has 4 heteroatoms. The van der Waals surface area contributed by atoms with Crippen molar-refractivity contribution in [2.24, 2.45) is 0 Å². The van der Waals surface area contributed by atoms with Gasteiger partial charge >= 0.3 is 0 Å². The van der Waals surface area contributed by atoms with E-state index in [1.807, 2.05) is 32.0 Å². The summed E-state index contributed by atoms with van der Waals surface area (Å²) in [7, 11) is 3.96. The van der Waals surface area contributed by atoms with E-state index in [2.05, 4.69) is 12.2 Å². The minimum Gasteiger partial charge on any atom is -0.492 e. The zero-order chi connectivity index (χ0) is 14.3. The molecule has 0 fully saturated rings. The van der Waals surface area contributed by atoms with Crippen molar-refractivity contribution >= 4 is 0 Å². The summed E-state index contributed by atoms with van der Waals surface area (Å²) in [5.41, 5.74) is 0.688. The zero-order valence-electron chi connectivity index (χ0n) is 12.4. The quantitative estimate of drug-likeness (QED) is 0.784. The van der Waals surface area contributed by atoms with Gasteiger partial charge in [-0.05, 0) is 40.1 Å². The fourth-order valence-corrected chi connectivity index (χ4v) is 1.77. The number of nitrogens with zero attached hydrogens (tertiary/aromatic N) is 1. The molecule has 1 rings (SSSR count). The SMILES string of the molecule is CCCNC(C)c1ccc(OCCN(C)C)cc1F. The van der Waals surface area contributed by atoms with Crippen LogP contribution in [0.2, 0.25) is 0 Å². The molecule has 0 aliphatic heterocycles. The van der Waals surface area contributed by atoms with Crippen LogP contribution in [0.1, 0.15) is 31.9 Å². The third-order valence-electron chi connectivity index (χ3n) is 2.95. The van der Waals surface area contributed by atoms with Crippen molar-refractivity contribution < 1.29 is 9.13 Å². The highest BCUT2D eigenvalue weighted by molar-refractivity contribution is 5.30. The highest BCUT2D eigenvalue weighted by Gasteiger charge is 2.11. The summed E-state index contributed by atoms with van der Waals surface area (Å²) < 4.78 is 19.5. The van der Waals surface area contributed by atoms with Gasteiger partial charge in [0.1, 0.15) is 18.2 Å². The van der Waals surface area contributed by atoms with Crippen molar-refractivity contribution in [2.75, 3.05) is 33.8 Å². The number of benzene rings is 1. The maximum Gasteiger partial charge on any atom is 0.131 e. The van der Waals surface area contributed by atoms with Gasteiger partial charge in [0.05, 0.1) is 0 Å². The normalized spacial score (nSPS) is 12.7. The van der Waals surface area contributed by atoms with Crippen molar-refractivity contribution in [1.82, 2.24) is 10.2 Å². The number of rotatable bonds is 8. The Kier molecular flexibility index (Phi) is 6.81. The molecule has 0 aliphatic rings. The first-order valence-electron chi connectivity index (χ1n) is 6.85. The van der Waals surface area contributed by atoms with Gasteiger partial charge in [-0.15, -0.1) is 0 Å². The molecule has 19 heavy (non-hydrogen) atoms. The molecule has 0 heterocycles. The second kappa shape index (κ2) is 8.12. The number of hydrogen-bond donors (Lipinski definition) is 1. The summed E-state index contributed by atoms with van der Waals surface area (Å²) in [6, 6.07) is 5.12. The molecular weight excluding hydrogens is 243 g/mol. The molecule has 1 atom stereocenters. The van der Waals surface area contributed by atoms with Crippen LogP contribution in [0.5, 0.6) is 5.75 Å². The number of halogens is 1. The van der Waals surface area contributed by atoms with Crippen molar-refractivity contribution in [3.05, 3.63) is 29.6 Å². The largest absolute Gasteiger partial charge is 0.492 e. The van der Waals surface area contributed by atoms with Crippen molar-refractivity contribution in [2.45, 2.75) is 26.3 Å². The van der Waals surface area contributed by atoms with Gasteiger partial charge in [-0.2, -0.15) is 0 Å². The van der Waals surface area contributed by atoms with E-state index in [9.17, 15) is 4.39 Å². The lowest BCUT2D eigenvalue weighted by atomic mass is 10.1. The molecule has 0 spiro atoms. The monoisotopic (exact) mass is 268 g/mol. The van der Waals surface area contributed by atoms with E-state index in [0.717, 1.165) is 19.5 Å². The zero-order valence-corrected chi connectivity index (χ0v) is 12.4. The molecular formula is C15H25FN2O. The minimum absolute atomic E-state index is 0.0239. The highest BCUT2D eigenvalue weighted by Crippen LogP contribution is 2.21. The summed E-state index contributed by atoms with van der Waals surface area (Å²) in [4.78, 5) is 2.03. The Bertz CT molecular complexity index is 382. The lowest BCUT2D eigenvalue weighted by molar-refractivity contribution is 0.260. The van der Waals surface area contributed by atoms with E-state index in [4.69, 9.17) is 4.74 Å². The van der Waals surface area contributed by atoms with Gasteiger partial charge in [-0.25, -0.2) is 4.39 Å². The Morgan fingerprint density at radius 3 is 2.68 bits per heavy atom. The average Bonchev–Trinajstić information content (AvgIpc) is 2.35. The topological polar surface area (TPSA) is 24.5 Å². The second-order valence-corrected chi connectivity index (χ2v) is 5.01. The first-order chi connectivity index (χ1) is 9.04. The molecule has 1 N–H and O–H groups in total. The summed E-state index contributed by atoms with van der Waals surface area (Å²) in [5, 5.41) is 3.28. The first kappa shape index (κ1) is 15.9. The van der Waals surface area contributed by atoms with Gasteiger partial charge in [-0.3, -0.25) is 0 Å². The highest BCUT2D eigenvalue weighted by atomic mass is 19.1. The molecule has 1 unspecified atom stereocenters. The van der Waals surface area contributed by atoms with E-state index < -0.39 is 0 Å². The van der Waals surface area contributed by atoms with Crippen LogP contribution in [0.15, 0.2) is 18.2 Å². The van der Waals surface area contributed by atoms with Crippen molar-refractivity contribution in [3.8, 4) is 5.75 Å². The van der Waals surface area contributed by atoms with Crippen molar-refractivity contribution in [1.29, 1.82) is 0 Å². The van der Waals surface area contributed by atoms with E-state index >= 15 is 0 Å². The molecule has 0 amide bonds. The molecule has 0 saturated heterocycles. The first-order valence-corrected chi connectivity index (χ1v) is 6.85. The molecule has 1 aromatic rings. The molecule has 1 aromatic carbocycles. The summed E-state index contributed by atoms with van der Waals surface area (Å²) in [6.45, 7) is 6.34. The Morgan fingerprint density at radius 1 is 1.37 bits per heavy atom. The molecule has 0 radical (unpaired) electrons. The standard InChI is InChI=1S/C15H25FN2O/c1-5-8-17-12(2)14-7-6-13(11-15(14)16)19-10-9-18(3)4/h6-7,11-12,17H,5,8-10H2,1-4H3. The lowest BCUT2D eigenvalue weighted by Crippen LogP contribution is -2.21. The molecule has 0 aliphatic carbocycles. The van der Waals surface area contributed by atoms with Crippen LogP contribution in [0.4, 0.5) is 4.39 Å². The smallest absolute Gasteiger partial charge is 0.131 e. The maximum absolute atomic E-state index is 14.0. The summed E-state index contributed by atoms with van der Waals surface area (Å²) in [5.74, 6) is 0.379. The van der Waals surface area contributed by atoms with E-state index in [0.29, 0.717) is 17.9 Å². The predicted octanol–water partition coefficient (Wildman–Crippen LogP) is 2.83. The second-order valence-electron chi connectivity index (χ2n) is 5.01. The van der Waals surface area contributed by atoms with E-state index in [-0.39, 0.29) is 11.9 Å². The van der Waals surface area contributed by atoms with Gasteiger partial charge in [0, 0.05) is 24.2 Å². The van der Waals surface area contributed by atoms with Crippen LogP contribution in [0, 0.1) is 5.82 Å². The van der Waals surface area contributed by atoms with E-state index in [1.165, 1.54) is 6.07 Å². The molecule has 108 valence electrons. The van der Waals surface area contributed by atoms with Crippen LogP contribution < -0.4 is 10.1 Å². The Morgan fingerprint density at radius 2 is 2.11 bits per heavy atom. The molecule has 0 bridgehead atoms.